The second-order valence-corrected chi connectivity index (χ2v) is 8.59. The quantitative estimate of drug-likeness (QED) is 0.335. The van der Waals surface area contributed by atoms with Crippen LogP contribution in [0.5, 0.6) is 0 Å². The van der Waals surface area contributed by atoms with Crippen molar-refractivity contribution in [3.63, 3.8) is 0 Å². The molecule has 3 nitrogen and oxygen atoms in total. The van der Waals surface area contributed by atoms with E-state index in [1.165, 1.54) is 5.56 Å². The highest BCUT2D eigenvalue weighted by Gasteiger charge is 2.48. The Morgan fingerprint density at radius 2 is 1.24 bits per heavy atom. The molecule has 5 rings (SSSR count). The maximum atomic E-state index is 13.2. The van der Waals surface area contributed by atoms with Gasteiger partial charge in [0.2, 0.25) is 5.91 Å². The van der Waals surface area contributed by atoms with E-state index in [2.05, 4.69) is 36.4 Å². The molecule has 3 atom stereocenters. The number of β-lactam (4-membered cyclic amide) rings is 1. The summed E-state index contributed by atoms with van der Waals surface area (Å²) in [6.45, 7) is 0. The van der Waals surface area contributed by atoms with Crippen molar-refractivity contribution in [1.82, 2.24) is 0 Å². The number of benzene rings is 4. The molecular formula is C30H27NO2. The Morgan fingerprint density at radius 1 is 0.697 bits per heavy atom. The van der Waals surface area contributed by atoms with Gasteiger partial charge in [0.15, 0.2) is 0 Å². The molecule has 1 saturated heterocycles. The number of carbonyl (C=O) groups excluding carboxylic acids is 1. The predicted molar refractivity (Wildman–Crippen MR) is 133 cm³/mol. The fourth-order valence-corrected chi connectivity index (χ4v) is 4.77. The molecule has 1 heterocycles. The lowest BCUT2D eigenvalue weighted by Gasteiger charge is -2.48. The molecule has 4 aromatic rings. The summed E-state index contributed by atoms with van der Waals surface area (Å²) in [7, 11) is 0. The standard InChI is InChI=1S/C30H27NO2/c32-28(24-12-6-2-7-13-24)21-20-27-29(31(30(27)33)26-14-8-3-9-15-26)25-18-16-23(17-19-25)22-10-4-1-5-11-22/h1-19,27-29,32H,20-21H2. The summed E-state index contributed by atoms with van der Waals surface area (Å²) in [4.78, 5) is 15.1. The number of hydrogen-bond donors (Lipinski definition) is 1. The maximum absolute atomic E-state index is 13.2. The lowest BCUT2D eigenvalue weighted by Crippen LogP contribution is -2.55. The average Bonchev–Trinajstić information content (AvgIpc) is 2.89. The van der Waals surface area contributed by atoms with Gasteiger partial charge in [-0.2, -0.15) is 0 Å². The van der Waals surface area contributed by atoms with E-state index in [-0.39, 0.29) is 17.9 Å². The highest BCUT2D eigenvalue weighted by molar-refractivity contribution is 6.03. The molecule has 164 valence electrons. The molecule has 0 radical (unpaired) electrons. The lowest BCUT2D eigenvalue weighted by molar-refractivity contribution is -0.131. The van der Waals surface area contributed by atoms with Crippen LogP contribution in [0.3, 0.4) is 0 Å². The molecule has 0 spiro atoms. The predicted octanol–water partition coefficient (Wildman–Crippen LogP) is 6.57. The average molecular weight is 434 g/mol. The second kappa shape index (κ2) is 9.43. The largest absolute Gasteiger partial charge is 0.388 e. The Bertz CT molecular complexity index is 1190. The smallest absolute Gasteiger partial charge is 0.233 e. The van der Waals surface area contributed by atoms with Gasteiger partial charge in [-0.05, 0) is 47.2 Å². The van der Waals surface area contributed by atoms with E-state index in [0.717, 1.165) is 22.4 Å². The summed E-state index contributed by atoms with van der Waals surface area (Å²) in [6.07, 6.45) is 0.635. The highest BCUT2D eigenvalue weighted by atomic mass is 16.3. The van der Waals surface area contributed by atoms with E-state index in [1.54, 1.807) is 0 Å². The molecule has 1 aliphatic heterocycles. The van der Waals surface area contributed by atoms with E-state index in [4.69, 9.17) is 0 Å². The highest BCUT2D eigenvalue weighted by Crippen LogP contribution is 2.46. The first-order valence-electron chi connectivity index (χ1n) is 11.5. The zero-order valence-corrected chi connectivity index (χ0v) is 18.4. The van der Waals surface area contributed by atoms with Crippen LogP contribution >= 0.6 is 0 Å². The number of nitrogens with zero attached hydrogens (tertiary/aromatic N) is 1. The number of aliphatic hydroxyl groups excluding tert-OH is 1. The van der Waals surface area contributed by atoms with Gasteiger partial charge in [-0.15, -0.1) is 0 Å². The number of carbonyl (C=O) groups is 1. The molecule has 0 aromatic heterocycles. The summed E-state index contributed by atoms with van der Waals surface area (Å²) >= 11 is 0. The fraction of sp³-hybridized carbons (Fsp3) is 0.167. The number of hydrogen-bond acceptors (Lipinski definition) is 2. The number of para-hydroxylation sites is 1. The molecule has 0 saturated carbocycles. The van der Waals surface area contributed by atoms with Gasteiger partial charge in [-0.25, -0.2) is 0 Å². The van der Waals surface area contributed by atoms with E-state index < -0.39 is 6.10 Å². The Hall–Kier alpha value is -3.69. The van der Waals surface area contributed by atoms with E-state index >= 15 is 0 Å². The second-order valence-electron chi connectivity index (χ2n) is 8.59. The maximum Gasteiger partial charge on any atom is 0.233 e. The molecule has 4 aromatic carbocycles. The summed E-state index contributed by atoms with van der Waals surface area (Å²) in [5.74, 6) is -0.0234. The molecule has 3 heteroatoms. The van der Waals surface area contributed by atoms with Crippen molar-refractivity contribution in [2.75, 3.05) is 4.90 Å². The van der Waals surface area contributed by atoms with Crippen LogP contribution in [0.2, 0.25) is 0 Å². The van der Waals surface area contributed by atoms with Gasteiger partial charge in [0.25, 0.3) is 0 Å². The third-order valence-corrected chi connectivity index (χ3v) is 6.54. The van der Waals surface area contributed by atoms with Gasteiger partial charge < -0.3 is 10.0 Å². The van der Waals surface area contributed by atoms with Crippen molar-refractivity contribution in [1.29, 1.82) is 0 Å². The van der Waals surface area contributed by atoms with Crippen LogP contribution in [0.15, 0.2) is 115 Å². The molecule has 0 aliphatic carbocycles. The Balaban J connectivity index is 1.39. The van der Waals surface area contributed by atoms with E-state index in [9.17, 15) is 9.90 Å². The van der Waals surface area contributed by atoms with Crippen molar-refractivity contribution in [2.45, 2.75) is 25.0 Å². The zero-order chi connectivity index (χ0) is 22.6. The van der Waals surface area contributed by atoms with Gasteiger partial charge in [0.05, 0.1) is 18.1 Å². The van der Waals surface area contributed by atoms with E-state index in [0.29, 0.717) is 12.8 Å². The summed E-state index contributed by atoms with van der Waals surface area (Å²) < 4.78 is 0. The van der Waals surface area contributed by atoms with Crippen LogP contribution in [0.4, 0.5) is 5.69 Å². The van der Waals surface area contributed by atoms with Crippen molar-refractivity contribution >= 4 is 11.6 Å². The topological polar surface area (TPSA) is 40.5 Å². The molecule has 3 unspecified atom stereocenters. The fourth-order valence-electron chi connectivity index (χ4n) is 4.77. The SMILES string of the molecule is O=C1C(CCC(O)c2ccccc2)C(c2ccc(-c3ccccc3)cc2)N1c1ccccc1. The van der Waals surface area contributed by atoms with Crippen LogP contribution in [0, 0.1) is 5.92 Å². The molecule has 1 aliphatic rings. The third-order valence-electron chi connectivity index (χ3n) is 6.54. The van der Waals surface area contributed by atoms with Crippen molar-refractivity contribution < 1.29 is 9.90 Å². The van der Waals surface area contributed by atoms with Gasteiger partial charge in [0, 0.05) is 5.69 Å². The van der Waals surface area contributed by atoms with Gasteiger partial charge in [-0.3, -0.25) is 4.79 Å². The van der Waals surface area contributed by atoms with Crippen molar-refractivity contribution in [3.8, 4) is 11.1 Å². The minimum Gasteiger partial charge on any atom is -0.388 e. The van der Waals surface area contributed by atoms with Crippen LogP contribution in [0.25, 0.3) is 11.1 Å². The Morgan fingerprint density at radius 3 is 1.88 bits per heavy atom. The van der Waals surface area contributed by atoms with Gasteiger partial charge in [-0.1, -0.05) is 103 Å². The summed E-state index contributed by atoms with van der Waals surface area (Å²) in [5, 5.41) is 10.7. The first kappa shape index (κ1) is 21.2. The molecular weight excluding hydrogens is 406 g/mol. The first-order chi connectivity index (χ1) is 16.2. The molecule has 1 amide bonds. The molecule has 1 N–H and O–H groups in total. The normalized spacial score (nSPS) is 18.6. The van der Waals surface area contributed by atoms with Gasteiger partial charge in [0.1, 0.15) is 0 Å². The van der Waals surface area contributed by atoms with Crippen LogP contribution in [-0.2, 0) is 4.79 Å². The Kier molecular flexibility index (Phi) is 6.05. The third kappa shape index (κ3) is 4.33. The number of anilines is 1. The van der Waals surface area contributed by atoms with Gasteiger partial charge >= 0.3 is 0 Å². The minimum absolute atomic E-state index is 0.0345. The van der Waals surface area contributed by atoms with Crippen molar-refractivity contribution in [2.24, 2.45) is 5.92 Å². The molecule has 1 fully saturated rings. The number of aliphatic hydroxyl groups is 1. The molecule has 0 bridgehead atoms. The van der Waals surface area contributed by atoms with Crippen LogP contribution in [0.1, 0.15) is 36.1 Å². The van der Waals surface area contributed by atoms with Crippen LogP contribution in [-0.4, -0.2) is 11.0 Å². The minimum atomic E-state index is -0.564. The summed E-state index contributed by atoms with van der Waals surface area (Å²) in [5.41, 5.74) is 5.27. The molecule has 33 heavy (non-hydrogen) atoms. The number of amides is 1. The van der Waals surface area contributed by atoms with E-state index in [1.807, 2.05) is 83.8 Å². The zero-order valence-electron chi connectivity index (χ0n) is 18.4. The van der Waals surface area contributed by atoms with Crippen LogP contribution < -0.4 is 4.90 Å². The monoisotopic (exact) mass is 433 g/mol. The lowest BCUT2D eigenvalue weighted by atomic mass is 9.78. The summed E-state index contributed by atoms with van der Waals surface area (Å²) in [6, 6.07) is 38.3. The van der Waals surface area contributed by atoms with Crippen molar-refractivity contribution in [3.05, 3.63) is 126 Å². The number of rotatable bonds is 7. The first-order valence-corrected chi connectivity index (χ1v) is 11.5. The Labute approximate surface area is 195 Å².